The highest BCUT2D eigenvalue weighted by Gasteiger charge is 2.34. The molecule has 2 aromatic rings. The molecule has 0 aromatic heterocycles. The number of nitrogens with one attached hydrogen (secondary N) is 1. The molecule has 1 N–H and O–H groups in total. The molecule has 1 fully saturated rings. The zero-order chi connectivity index (χ0) is 21.8. The number of amides is 1. The number of hydrazone groups is 1. The highest BCUT2D eigenvalue weighted by atomic mass is 35.5. The molecule has 0 spiro atoms. The SMILES string of the molecule is COc1ccc([C@H]2CC(C(=O)NC3CCCCCC3)=NN2c2ccc(Cl)cc2Cl)cc1. The predicted molar refractivity (Wildman–Crippen MR) is 126 cm³/mol. The van der Waals surface area contributed by atoms with Gasteiger partial charge in [-0.3, -0.25) is 9.80 Å². The molecule has 1 atom stereocenters. The Hall–Kier alpha value is -2.24. The van der Waals surface area contributed by atoms with Crippen molar-refractivity contribution in [3.63, 3.8) is 0 Å². The van der Waals surface area contributed by atoms with E-state index < -0.39 is 0 Å². The summed E-state index contributed by atoms with van der Waals surface area (Å²) in [7, 11) is 1.64. The first-order valence-electron chi connectivity index (χ1n) is 10.8. The number of nitrogens with zero attached hydrogens (tertiary/aromatic N) is 2. The number of carbonyl (C=O) groups is 1. The smallest absolute Gasteiger partial charge is 0.267 e. The number of anilines is 1. The summed E-state index contributed by atoms with van der Waals surface area (Å²) >= 11 is 12.6. The van der Waals surface area contributed by atoms with E-state index in [-0.39, 0.29) is 18.0 Å². The lowest BCUT2D eigenvalue weighted by Crippen LogP contribution is -2.38. The van der Waals surface area contributed by atoms with Gasteiger partial charge in [-0.25, -0.2) is 0 Å². The van der Waals surface area contributed by atoms with Gasteiger partial charge in [-0.2, -0.15) is 5.10 Å². The Labute approximate surface area is 193 Å². The molecule has 0 saturated heterocycles. The van der Waals surface area contributed by atoms with Crippen LogP contribution in [0.4, 0.5) is 5.69 Å². The van der Waals surface area contributed by atoms with Gasteiger partial charge in [0.2, 0.25) is 0 Å². The van der Waals surface area contributed by atoms with E-state index in [1.165, 1.54) is 25.7 Å². The van der Waals surface area contributed by atoms with Gasteiger partial charge in [0.05, 0.1) is 23.9 Å². The van der Waals surface area contributed by atoms with Gasteiger partial charge in [-0.1, -0.05) is 61.0 Å². The summed E-state index contributed by atoms with van der Waals surface area (Å²) in [5.41, 5.74) is 2.29. The van der Waals surface area contributed by atoms with Crippen LogP contribution < -0.4 is 15.1 Å². The second kappa shape index (κ2) is 9.92. The number of methoxy groups -OCH3 is 1. The van der Waals surface area contributed by atoms with Crippen LogP contribution in [0.3, 0.4) is 0 Å². The second-order valence-corrected chi connectivity index (χ2v) is 8.99. The monoisotopic (exact) mass is 459 g/mol. The minimum atomic E-state index is -0.139. The summed E-state index contributed by atoms with van der Waals surface area (Å²) in [6.07, 6.45) is 7.40. The molecule has 1 saturated carbocycles. The van der Waals surface area contributed by atoms with Crippen LogP contribution in [0.15, 0.2) is 47.6 Å². The van der Waals surface area contributed by atoms with Gasteiger partial charge in [-0.05, 0) is 48.7 Å². The quantitative estimate of drug-likeness (QED) is 0.545. The van der Waals surface area contributed by atoms with Crippen LogP contribution in [0, 0.1) is 0 Å². The number of halogens is 2. The summed E-state index contributed by atoms with van der Waals surface area (Å²) in [6.45, 7) is 0. The van der Waals surface area contributed by atoms with Gasteiger partial charge in [0, 0.05) is 17.5 Å². The van der Waals surface area contributed by atoms with Crippen LogP contribution >= 0.6 is 23.2 Å². The molecule has 1 aliphatic heterocycles. The number of benzene rings is 2. The van der Waals surface area contributed by atoms with Crippen LogP contribution in [0.2, 0.25) is 10.0 Å². The molecule has 2 aliphatic rings. The summed E-state index contributed by atoms with van der Waals surface area (Å²) in [6, 6.07) is 13.3. The average molecular weight is 460 g/mol. The van der Waals surface area contributed by atoms with Crippen molar-refractivity contribution in [3.8, 4) is 5.75 Å². The molecule has 5 nitrogen and oxygen atoms in total. The Morgan fingerprint density at radius 2 is 1.77 bits per heavy atom. The number of rotatable bonds is 5. The van der Waals surface area contributed by atoms with E-state index >= 15 is 0 Å². The Morgan fingerprint density at radius 3 is 2.42 bits per heavy atom. The maximum atomic E-state index is 13.1. The lowest BCUT2D eigenvalue weighted by Gasteiger charge is -2.25. The third-order valence-corrected chi connectivity index (χ3v) is 6.56. The summed E-state index contributed by atoms with van der Waals surface area (Å²) in [5.74, 6) is 0.697. The Balaban J connectivity index is 1.61. The van der Waals surface area contributed by atoms with Crippen molar-refractivity contribution in [3.05, 3.63) is 58.1 Å². The standard InChI is InChI=1S/C24H27Cl2N3O2/c1-31-19-11-8-16(9-12-19)23-15-21(24(30)27-18-6-4-2-3-5-7-18)28-29(23)22-13-10-17(25)14-20(22)26/h8-14,18,23H,2-7,15H2,1H3,(H,27,30)/t23-/m1/s1. The Kier molecular flexibility index (Phi) is 7.03. The maximum absolute atomic E-state index is 13.1. The summed E-state index contributed by atoms with van der Waals surface area (Å²) < 4.78 is 5.29. The Bertz CT molecular complexity index is 954. The fourth-order valence-electron chi connectivity index (χ4n) is 4.31. The molecule has 31 heavy (non-hydrogen) atoms. The molecule has 4 rings (SSSR count). The van der Waals surface area contributed by atoms with E-state index in [0.717, 1.165) is 29.8 Å². The lowest BCUT2D eigenvalue weighted by atomic mass is 10.0. The Morgan fingerprint density at radius 1 is 1.06 bits per heavy atom. The zero-order valence-corrected chi connectivity index (χ0v) is 19.1. The number of hydrogen-bond acceptors (Lipinski definition) is 4. The molecular weight excluding hydrogens is 433 g/mol. The van der Waals surface area contributed by atoms with Crippen molar-refractivity contribution >= 4 is 40.5 Å². The highest BCUT2D eigenvalue weighted by Crippen LogP contribution is 2.40. The van der Waals surface area contributed by atoms with Crippen LogP contribution in [-0.4, -0.2) is 24.8 Å². The maximum Gasteiger partial charge on any atom is 0.267 e. The van der Waals surface area contributed by atoms with Crippen LogP contribution in [0.1, 0.15) is 56.6 Å². The van der Waals surface area contributed by atoms with Gasteiger partial charge in [0.25, 0.3) is 5.91 Å². The minimum Gasteiger partial charge on any atom is -0.497 e. The molecule has 1 aliphatic carbocycles. The van der Waals surface area contributed by atoms with Gasteiger partial charge in [0.15, 0.2) is 0 Å². The summed E-state index contributed by atoms with van der Waals surface area (Å²) in [4.78, 5) is 13.1. The van der Waals surface area contributed by atoms with Gasteiger partial charge >= 0.3 is 0 Å². The normalized spacial score (nSPS) is 19.6. The van der Waals surface area contributed by atoms with E-state index in [4.69, 9.17) is 33.0 Å². The largest absolute Gasteiger partial charge is 0.497 e. The molecule has 0 unspecified atom stereocenters. The van der Waals surface area contributed by atoms with E-state index in [1.807, 2.05) is 35.3 Å². The predicted octanol–water partition coefficient (Wildman–Crippen LogP) is 6.15. The second-order valence-electron chi connectivity index (χ2n) is 8.14. The number of carbonyl (C=O) groups excluding carboxylic acids is 1. The van der Waals surface area contributed by atoms with Crippen molar-refractivity contribution < 1.29 is 9.53 Å². The third-order valence-electron chi connectivity index (χ3n) is 6.02. The average Bonchev–Trinajstić information content (AvgIpc) is 3.05. The molecule has 1 heterocycles. The first-order chi connectivity index (χ1) is 15.0. The van der Waals surface area contributed by atoms with Crippen molar-refractivity contribution in [1.82, 2.24) is 5.32 Å². The van der Waals surface area contributed by atoms with Crippen LogP contribution in [0.25, 0.3) is 0 Å². The number of ether oxygens (including phenoxy) is 1. The molecule has 164 valence electrons. The van der Waals surface area contributed by atoms with Crippen molar-refractivity contribution in [2.75, 3.05) is 12.1 Å². The fourth-order valence-corrected chi connectivity index (χ4v) is 4.81. The molecule has 2 aromatic carbocycles. The minimum absolute atomic E-state index is 0.0852. The van der Waals surface area contributed by atoms with Gasteiger partial charge in [0.1, 0.15) is 11.5 Å². The third kappa shape index (κ3) is 5.16. The number of hydrogen-bond donors (Lipinski definition) is 1. The first-order valence-corrected chi connectivity index (χ1v) is 11.6. The van der Waals surface area contributed by atoms with Gasteiger partial charge in [-0.15, -0.1) is 0 Å². The molecule has 0 radical (unpaired) electrons. The van der Waals surface area contributed by atoms with Crippen molar-refractivity contribution in [1.29, 1.82) is 0 Å². The lowest BCUT2D eigenvalue weighted by molar-refractivity contribution is -0.115. The molecule has 0 bridgehead atoms. The molecular formula is C24H27Cl2N3O2. The molecule has 7 heteroatoms. The van der Waals surface area contributed by atoms with E-state index in [9.17, 15) is 4.79 Å². The fraction of sp³-hybridized carbons (Fsp3) is 0.417. The molecule has 1 amide bonds. The van der Waals surface area contributed by atoms with E-state index in [2.05, 4.69) is 5.32 Å². The van der Waals surface area contributed by atoms with Crippen LogP contribution in [0.5, 0.6) is 5.75 Å². The van der Waals surface area contributed by atoms with Gasteiger partial charge < -0.3 is 10.1 Å². The van der Waals surface area contributed by atoms with Crippen molar-refractivity contribution in [2.45, 2.75) is 57.0 Å². The zero-order valence-electron chi connectivity index (χ0n) is 17.6. The highest BCUT2D eigenvalue weighted by molar-refractivity contribution is 6.40. The topological polar surface area (TPSA) is 53.9 Å². The van der Waals surface area contributed by atoms with Crippen LogP contribution in [-0.2, 0) is 4.79 Å². The first kappa shape index (κ1) is 22.0. The van der Waals surface area contributed by atoms with E-state index in [1.54, 1.807) is 19.2 Å². The van der Waals surface area contributed by atoms with Crippen molar-refractivity contribution in [2.24, 2.45) is 5.10 Å². The summed E-state index contributed by atoms with van der Waals surface area (Å²) in [5, 5.41) is 10.8. The van der Waals surface area contributed by atoms with E-state index in [0.29, 0.717) is 22.2 Å².